The number of rotatable bonds is 5. The number of sulfone groups is 1. The van der Waals surface area contributed by atoms with Crippen molar-refractivity contribution in [2.45, 2.75) is 39.7 Å². The third kappa shape index (κ3) is 8.47. The van der Waals surface area contributed by atoms with Crippen LogP contribution >= 0.6 is 0 Å². The lowest BCUT2D eigenvalue weighted by atomic mass is 9.87. The molecule has 0 aliphatic carbocycles. The minimum Gasteiger partial charge on any atom is -0.271 e. The van der Waals surface area contributed by atoms with Gasteiger partial charge in [0.15, 0.2) is 0 Å². The summed E-state index contributed by atoms with van der Waals surface area (Å²) in [5, 5.41) is 0. The zero-order valence-electron chi connectivity index (χ0n) is 9.50. The highest BCUT2D eigenvalue weighted by Crippen LogP contribution is 2.21. The van der Waals surface area contributed by atoms with E-state index in [1.165, 1.54) is 6.26 Å². The van der Waals surface area contributed by atoms with Gasteiger partial charge in [-0.2, -0.15) is 0 Å². The lowest BCUT2D eigenvalue weighted by Crippen LogP contribution is -2.39. The van der Waals surface area contributed by atoms with Gasteiger partial charge in [-0.3, -0.25) is 11.3 Å². The van der Waals surface area contributed by atoms with Gasteiger partial charge >= 0.3 is 0 Å². The molecule has 5 heteroatoms. The van der Waals surface area contributed by atoms with Crippen LogP contribution in [-0.4, -0.2) is 26.5 Å². The average Bonchev–Trinajstić information content (AvgIpc) is 1.94. The van der Waals surface area contributed by atoms with Gasteiger partial charge in [-0.25, -0.2) is 8.42 Å². The lowest BCUT2D eigenvalue weighted by Gasteiger charge is -2.25. The Morgan fingerprint density at radius 2 is 1.86 bits per heavy atom. The highest BCUT2D eigenvalue weighted by atomic mass is 32.2. The monoisotopic (exact) mass is 222 g/mol. The van der Waals surface area contributed by atoms with Crippen LogP contribution in [0.5, 0.6) is 0 Å². The van der Waals surface area contributed by atoms with Gasteiger partial charge in [0.2, 0.25) is 0 Å². The molecule has 1 atom stereocenters. The molecular formula is C9H22N2O2S. The Labute approximate surface area is 87.1 Å². The van der Waals surface area contributed by atoms with E-state index < -0.39 is 9.84 Å². The molecule has 1 unspecified atom stereocenters. The highest BCUT2D eigenvalue weighted by molar-refractivity contribution is 7.90. The van der Waals surface area contributed by atoms with E-state index in [0.717, 1.165) is 6.42 Å². The predicted octanol–water partition coefficient (Wildman–Crippen LogP) is 0.689. The summed E-state index contributed by atoms with van der Waals surface area (Å²) in [6, 6.07) is 0.0738. The molecule has 0 saturated heterocycles. The standard InChI is InChI=1S/C9H22N2O2S/c1-9(2,3)7-8(11-10)5-6-14(4,12)13/h8,11H,5-7,10H2,1-4H3. The van der Waals surface area contributed by atoms with Gasteiger partial charge in [-0.1, -0.05) is 20.8 Å². The topological polar surface area (TPSA) is 72.2 Å². The van der Waals surface area contributed by atoms with Crippen molar-refractivity contribution in [3.63, 3.8) is 0 Å². The fourth-order valence-electron chi connectivity index (χ4n) is 1.34. The van der Waals surface area contributed by atoms with Gasteiger partial charge in [0.05, 0.1) is 5.75 Å². The van der Waals surface area contributed by atoms with E-state index in [2.05, 4.69) is 26.2 Å². The Balaban J connectivity index is 4.05. The van der Waals surface area contributed by atoms with Crippen molar-refractivity contribution in [3.8, 4) is 0 Å². The molecule has 0 rings (SSSR count). The Bertz CT molecular complexity index is 254. The van der Waals surface area contributed by atoms with Crippen LogP contribution in [0.25, 0.3) is 0 Å². The second kappa shape index (κ2) is 5.09. The van der Waals surface area contributed by atoms with Crippen LogP contribution in [0.1, 0.15) is 33.6 Å². The Morgan fingerprint density at radius 1 is 1.36 bits per heavy atom. The molecule has 0 radical (unpaired) electrons. The van der Waals surface area contributed by atoms with Crippen LogP contribution in [0.2, 0.25) is 0 Å². The van der Waals surface area contributed by atoms with E-state index >= 15 is 0 Å². The molecule has 0 aliphatic rings. The number of hydrazine groups is 1. The molecule has 0 spiro atoms. The second-order valence-electron chi connectivity index (χ2n) is 5.05. The summed E-state index contributed by atoms with van der Waals surface area (Å²) in [5.41, 5.74) is 2.83. The largest absolute Gasteiger partial charge is 0.271 e. The van der Waals surface area contributed by atoms with E-state index in [9.17, 15) is 8.42 Å². The molecule has 0 aliphatic heterocycles. The predicted molar refractivity (Wildman–Crippen MR) is 59.5 cm³/mol. The van der Waals surface area contributed by atoms with Crippen LogP contribution in [0.4, 0.5) is 0 Å². The number of nitrogens with two attached hydrogens (primary N) is 1. The first-order chi connectivity index (χ1) is 6.14. The maximum absolute atomic E-state index is 10.9. The van der Waals surface area contributed by atoms with Gasteiger partial charge in [-0.05, 0) is 18.3 Å². The van der Waals surface area contributed by atoms with Crippen molar-refractivity contribution >= 4 is 9.84 Å². The van der Waals surface area contributed by atoms with Crippen molar-refractivity contribution in [2.24, 2.45) is 11.3 Å². The molecule has 0 aromatic rings. The number of hydrogen-bond acceptors (Lipinski definition) is 4. The van der Waals surface area contributed by atoms with Gasteiger partial charge in [-0.15, -0.1) is 0 Å². The molecule has 0 amide bonds. The maximum Gasteiger partial charge on any atom is 0.147 e. The third-order valence-corrected chi connectivity index (χ3v) is 2.91. The van der Waals surface area contributed by atoms with Crippen LogP contribution < -0.4 is 11.3 Å². The Hall–Kier alpha value is -0.130. The van der Waals surface area contributed by atoms with E-state index in [0.29, 0.717) is 6.42 Å². The van der Waals surface area contributed by atoms with Crippen molar-refractivity contribution in [1.82, 2.24) is 5.43 Å². The molecule has 0 heterocycles. The summed E-state index contributed by atoms with van der Waals surface area (Å²) >= 11 is 0. The second-order valence-corrected chi connectivity index (χ2v) is 7.31. The minimum absolute atomic E-state index is 0.0738. The maximum atomic E-state index is 10.9. The lowest BCUT2D eigenvalue weighted by molar-refractivity contribution is 0.305. The van der Waals surface area contributed by atoms with Gasteiger partial charge < -0.3 is 0 Å². The normalized spacial score (nSPS) is 15.5. The SMILES string of the molecule is CC(C)(C)CC(CCS(C)(=O)=O)NN. The van der Waals surface area contributed by atoms with Crippen molar-refractivity contribution < 1.29 is 8.42 Å². The molecule has 0 saturated carbocycles. The van der Waals surface area contributed by atoms with E-state index in [1.54, 1.807) is 0 Å². The summed E-state index contributed by atoms with van der Waals surface area (Å²) in [6.07, 6.45) is 2.70. The fourth-order valence-corrected chi connectivity index (χ4v) is 2.05. The molecule has 14 heavy (non-hydrogen) atoms. The van der Waals surface area contributed by atoms with Gasteiger partial charge in [0, 0.05) is 12.3 Å². The molecule has 86 valence electrons. The first-order valence-electron chi connectivity index (χ1n) is 4.78. The average molecular weight is 222 g/mol. The third-order valence-electron chi connectivity index (χ3n) is 1.93. The molecular weight excluding hydrogens is 200 g/mol. The first kappa shape index (κ1) is 13.9. The van der Waals surface area contributed by atoms with Gasteiger partial charge in [0.25, 0.3) is 0 Å². The zero-order valence-corrected chi connectivity index (χ0v) is 10.3. The summed E-state index contributed by atoms with van der Waals surface area (Å²) in [4.78, 5) is 0. The van der Waals surface area contributed by atoms with Crippen LogP contribution in [-0.2, 0) is 9.84 Å². The molecule has 0 aromatic carbocycles. The Kier molecular flexibility index (Phi) is 5.05. The number of nitrogens with one attached hydrogen (secondary N) is 1. The van der Waals surface area contributed by atoms with E-state index in [-0.39, 0.29) is 17.2 Å². The van der Waals surface area contributed by atoms with Crippen LogP contribution in [0, 0.1) is 5.41 Å². The molecule has 0 fully saturated rings. The molecule has 3 N–H and O–H groups in total. The smallest absolute Gasteiger partial charge is 0.147 e. The van der Waals surface area contributed by atoms with Gasteiger partial charge in [0.1, 0.15) is 9.84 Å². The summed E-state index contributed by atoms with van der Waals surface area (Å²) in [6.45, 7) is 6.33. The molecule has 0 bridgehead atoms. The molecule has 0 aromatic heterocycles. The van der Waals surface area contributed by atoms with Crippen molar-refractivity contribution in [1.29, 1.82) is 0 Å². The highest BCUT2D eigenvalue weighted by Gasteiger charge is 2.18. The van der Waals surface area contributed by atoms with Crippen molar-refractivity contribution in [3.05, 3.63) is 0 Å². The first-order valence-corrected chi connectivity index (χ1v) is 6.84. The summed E-state index contributed by atoms with van der Waals surface area (Å²) in [7, 11) is -2.88. The quantitative estimate of drug-likeness (QED) is 0.530. The Morgan fingerprint density at radius 3 is 2.14 bits per heavy atom. The number of hydrogen-bond donors (Lipinski definition) is 2. The summed E-state index contributed by atoms with van der Waals surface area (Å²) in [5.74, 6) is 5.56. The minimum atomic E-state index is -2.88. The van der Waals surface area contributed by atoms with E-state index in [4.69, 9.17) is 5.84 Å². The summed E-state index contributed by atoms with van der Waals surface area (Å²) < 4.78 is 21.9. The van der Waals surface area contributed by atoms with Crippen LogP contribution in [0.3, 0.4) is 0 Å². The van der Waals surface area contributed by atoms with E-state index in [1.807, 2.05) is 0 Å². The zero-order chi connectivity index (χ0) is 11.4. The fraction of sp³-hybridized carbons (Fsp3) is 1.00. The van der Waals surface area contributed by atoms with Crippen molar-refractivity contribution in [2.75, 3.05) is 12.0 Å². The molecule has 4 nitrogen and oxygen atoms in total. The van der Waals surface area contributed by atoms with Crippen LogP contribution in [0.15, 0.2) is 0 Å².